The van der Waals surface area contributed by atoms with E-state index in [4.69, 9.17) is 4.74 Å². The number of amides is 2. The number of nitrogens with zero attached hydrogens (tertiary/aromatic N) is 5. The van der Waals surface area contributed by atoms with Crippen LogP contribution in [0.1, 0.15) is 23.1 Å². The number of nitrogens with one attached hydrogen (secondary N) is 1. The van der Waals surface area contributed by atoms with Crippen LogP contribution < -0.4 is 5.32 Å². The molecule has 3 rings (SSSR count). The van der Waals surface area contributed by atoms with E-state index in [2.05, 4.69) is 20.3 Å². The van der Waals surface area contributed by atoms with Gasteiger partial charge in [-0.3, -0.25) is 14.6 Å². The predicted molar refractivity (Wildman–Crippen MR) is 107 cm³/mol. The van der Waals surface area contributed by atoms with E-state index in [0.717, 1.165) is 30.2 Å². The Morgan fingerprint density at radius 2 is 2.11 bits per heavy atom. The van der Waals surface area contributed by atoms with E-state index in [9.17, 15) is 4.79 Å². The van der Waals surface area contributed by atoms with Gasteiger partial charge >= 0.3 is 6.03 Å². The molecule has 1 saturated heterocycles. The molecule has 152 valence electrons. The quantitative estimate of drug-likeness (QED) is 0.782. The summed E-state index contributed by atoms with van der Waals surface area (Å²) >= 11 is 0. The van der Waals surface area contributed by atoms with E-state index < -0.39 is 0 Å². The number of pyridine rings is 1. The third kappa shape index (κ3) is 5.30. The van der Waals surface area contributed by atoms with Gasteiger partial charge in [-0.1, -0.05) is 6.07 Å². The number of aromatic nitrogens is 3. The number of aryl methyl sites for hydroxylation is 2. The van der Waals surface area contributed by atoms with Gasteiger partial charge < -0.3 is 15.0 Å². The molecule has 2 amide bonds. The first kappa shape index (κ1) is 20.3. The number of hydrogen-bond acceptors (Lipinski definition) is 5. The van der Waals surface area contributed by atoms with Crippen LogP contribution in [0.3, 0.4) is 0 Å². The average Bonchev–Trinajstić information content (AvgIpc) is 3.04. The van der Waals surface area contributed by atoms with Gasteiger partial charge in [0, 0.05) is 45.1 Å². The van der Waals surface area contributed by atoms with E-state index in [1.54, 1.807) is 11.1 Å². The van der Waals surface area contributed by atoms with Gasteiger partial charge in [-0.05, 0) is 32.0 Å². The maximum Gasteiger partial charge on any atom is 0.317 e. The van der Waals surface area contributed by atoms with Crippen molar-refractivity contribution in [1.82, 2.24) is 29.9 Å². The summed E-state index contributed by atoms with van der Waals surface area (Å²) in [5.41, 5.74) is 3.07. The second-order valence-electron chi connectivity index (χ2n) is 7.18. The molecule has 8 heteroatoms. The number of carbonyl (C=O) groups excluding carboxylic acids is 1. The fraction of sp³-hybridized carbons (Fsp3) is 0.550. The van der Waals surface area contributed by atoms with Crippen molar-refractivity contribution in [2.24, 2.45) is 0 Å². The second-order valence-corrected chi connectivity index (χ2v) is 7.18. The van der Waals surface area contributed by atoms with Crippen molar-refractivity contribution in [3.8, 4) is 0 Å². The summed E-state index contributed by atoms with van der Waals surface area (Å²) in [6.07, 6.45) is 1.80. The van der Waals surface area contributed by atoms with Crippen LogP contribution in [0.25, 0.3) is 0 Å². The predicted octanol–water partition coefficient (Wildman–Crippen LogP) is 1.61. The molecule has 0 aromatic carbocycles. The Labute approximate surface area is 166 Å². The standard InChI is InChI=1S/C20H30N6O2/c1-16-14-17(2)26(23-16)9-8-24(3)20(27)22-15-19(18-6-4-5-7-21-18)25-10-12-28-13-11-25/h4-7,14,19H,8-13,15H2,1-3H3,(H,22,27)/t19-/m1/s1. The van der Waals surface area contributed by atoms with Crippen LogP contribution >= 0.6 is 0 Å². The molecule has 28 heavy (non-hydrogen) atoms. The highest BCUT2D eigenvalue weighted by atomic mass is 16.5. The number of hydrogen-bond donors (Lipinski definition) is 1. The van der Waals surface area contributed by atoms with E-state index in [0.29, 0.717) is 32.8 Å². The van der Waals surface area contributed by atoms with E-state index in [-0.39, 0.29) is 12.1 Å². The van der Waals surface area contributed by atoms with Gasteiger partial charge in [0.1, 0.15) is 0 Å². The molecule has 1 aliphatic rings. The van der Waals surface area contributed by atoms with Gasteiger partial charge in [-0.15, -0.1) is 0 Å². The minimum Gasteiger partial charge on any atom is -0.379 e. The molecule has 0 aliphatic carbocycles. The van der Waals surface area contributed by atoms with Crippen molar-refractivity contribution >= 4 is 6.03 Å². The Morgan fingerprint density at radius 1 is 1.32 bits per heavy atom. The molecule has 0 radical (unpaired) electrons. The maximum atomic E-state index is 12.6. The van der Waals surface area contributed by atoms with Crippen molar-refractivity contribution in [1.29, 1.82) is 0 Å². The van der Waals surface area contributed by atoms with E-state index >= 15 is 0 Å². The first-order chi connectivity index (χ1) is 13.5. The molecule has 1 aliphatic heterocycles. The lowest BCUT2D eigenvalue weighted by Gasteiger charge is -2.34. The zero-order valence-electron chi connectivity index (χ0n) is 17.0. The van der Waals surface area contributed by atoms with Crippen LogP contribution in [0.15, 0.2) is 30.5 Å². The minimum atomic E-state index is -0.0873. The zero-order valence-corrected chi connectivity index (χ0v) is 17.0. The summed E-state index contributed by atoms with van der Waals surface area (Å²) in [7, 11) is 1.81. The minimum absolute atomic E-state index is 0.0402. The summed E-state index contributed by atoms with van der Waals surface area (Å²) in [4.78, 5) is 21.1. The SMILES string of the molecule is Cc1cc(C)n(CCN(C)C(=O)NC[C@H](c2ccccn2)N2CCOCC2)n1. The van der Waals surface area contributed by atoms with Crippen LogP contribution in [-0.4, -0.2) is 77.0 Å². The highest BCUT2D eigenvalue weighted by Crippen LogP contribution is 2.19. The highest BCUT2D eigenvalue weighted by molar-refractivity contribution is 5.73. The van der Waals surface area contributed by atoms with Crippen molar-refractivity contribution in [2.45, 2.75) is 26.4 Å². The molecule has 0 spiro atoms. The number of urea groups is 1. The lowest BCUT2D eigenvalue weighted by atomic mass is 10.1. The smallest absolute Gasteiger partial charge is 0.317 e. The lowest BCUT2D eigenvalue weighted by Crippen LogP contribution is -2.46. The van der Waals surface area contributed by atoms with Crippen molar-refractivity contribution in [3.05, 3.63) is 47.5 Å². The number of likely N-dealkylation sites (N-methyl/N-ethyl adjacent to an activating group) is 1. The molecule has 0 saturated carbocycles. The van der Waals surface area contributed by atoms with Gasteiger partial charge in [-0.25, -0.2) is 4.79 Å². The molecule has 0 unspecified atom stereocenters. The van der Waals surface area contributed by atoms with Gasteiger partial charge in [0.25, 0.3) is 0 Å². The van der Waals surface area contributed by atoms with Gasteiger partial charge in [0.2, 0.25) is 0 Å². The Kier molecular flexibility index (Phi) is 7.00. The van der Waals surface area contributed by atoms with Crippen molar-refractivity contribution in [3.63, 3.8) is 0 Å². The normalized spacial score (nSPS) is 16.0. The summed E-state index contributed by atoms with van der Waals surface area (Å²) in [6.45, 7) is 8.88. The molecule has 1 atom stereocenters. The largest absolute Gasteiger partial charge is 0.379 e. The third-order valence-electron chi connectivity index (χ3n) is 5.06. The molecule has 2 aromatic heterocycles. The Hall–Kier alpha value is -2.45. The Bertz CT molecular complexity index is 757. The fourth-order valence-electron chi connectivity index (χ4n) is 3.45. The van der Waals surface area contributed by atoms with Crippen LogP contribution in [0, 0.1) is 13.8 Å². The number of carbonyl (C=O) groups is 1. The lowest BCUT2D eigenvalue weighted by molar-refractivity contribution is 0.0156. The van der Waals surface area contributed by atoms with Crippen LogP contribution in [0.4, 0.5) is 4.79 Å². The first-order valence-electron chi connectivity index (χ1n) is 9.77. The third-order valence-corrected chi connectivity index (χ3v) is 5.06. The van der Waals surface area contributed by atoms with Crippen LogP contribution in [-0.2, 0) is 11.3 Å². The number of rotatable bonds is 7. The highest BCUT2D eigenvalue weighted by Gasteiger charge is 2.24. The molecule has 0 bridgehead atoms. The molecular weight excluding hydrogens is 356 g/mol. The Balaban J connectivity index is 1.55. The summed E-state index contributed by atoms with van der Waals surface area (Å²) in [5, 5.41) is 7.52. The maximum absolute atomic E-state index is 12.6. The van der Waals surface area contributed by atoms with Crippen molar-refractivity contribution in [2.75, 3.05) is 46.4 Å². The molecular formula is C20H30N6O2. The molecule has 2 aromatic rings. The van der Waals surface area contributed by atoms with Crippen LogP contribution in [0.5, 0.6) is 0 Å². The number of ether oxygens (including phenoxy) is 1. The van der Waals surface area contributed by atoms with E-state index in [1.165, 1.54) is 0 Å². The number of morpholine rings is 1. The Morgan fingerprint density at radius 3 is 2.75 bits per heavy atom. The molecule has 3 heterocycles. The van der Waals surface area contributed by atoms with Gasteiger partial charge in [0.05, 0.1) is 37.2 Å². The monoisotopic (exact) mass is 386 g/mol. The van der Waals surface area contributed by atoms with E-state index in [1.807, 2.05) is 49.8 Å². The van der Waals surface area contributed by atoms with Crippen LogP contribution in [0.2, 0.25) is 0 Å². The zero-order chi connectivity index (χ0) is 19.9. The van der Waals surface area contributed by atoms with Gasteiger partial charge in [0.15, 0.2) is 0 Å². The molecule has 1 fully saturated rings. The summed E-state index contributed by atoms with van der Waals surface area (Å²) in [6, 6.07) is 7.90. The first-order valence-corrected chi connectivity index (χ1v) is 9.77. The van der Waals surface area contributed by atoms with Gasteiger partial charge in [-0.2, -0.15) is 5.10 Å². The molecule has 8 nitrogen and oxygen atoms in total. The fourth-order valence-corrected chi connectivity index (χ4v) is 3.45. The van der Waals surface area contributed by atoms with Crippen molar-refractivity contribution < 1.29 is 9.53 Å². The summed E-state index contributed by atoms with van der Waals surface area (Å²) < 4.78 is 7.40. The second kappa shape index (κ2) is 9.66. The topological polar surface area (TPSA) is 75.5 Å². The summed E-state index contributed by atoms with van der Waals surface area (Å²) in [5.74, 6) is 0. The average molecular weight is 387 g/mol. The molecule has 1 N–H and O–H groups in total.